The maximum atomic E-state index is 12.1. The molecule has 0 saturated heterocycles. The Bertz CT molecular complexity index is 548. The second-order valence-corrected chi connectivity index (χ2v) is 5.97. The summed E-state index contributed by atoms with van der Waals surface area (Å²) in [5.41, 5.74) is 1.74. The standard InChI is InChI=1S/C12H8BrClOS/c1-7-6-8(2-3-9(7)13)12(15)10-4-5-11(14)16-10/h2-6H,1H3. The highest BCUT2D eigenvalue weighted by Gasteiger charge is 2.12. The van der Waals surface area contributed by atoms with Crippen LogP contribution in [0.5, 0.6) is 0 Å². The third-order valence-electron chi connectivity index (χ3n) is 2.22. The highest BCUT2D eigenvalue weighted by atomic mass is 79.9. The summed E-state index contributed by atoms with van der Waals surface area (Å²) < 4.78 is 1.64. The molecule has 0 saturated carbocycles. The Morgan fingerprint density at radius 1 is 1.31 bits per heavy atom. The zero-order chi connectivity index (χ0) is 11.7. The van der Waals surface area contributed by atoms with Crippen molar-refractivity contribution in [2.24, 2.45) is 0 Å². The molecule has 0 aliphatic rings. The first-order valence-electron chi connectivity index (χ1n) is 4.64. The Hall–Kier alpha value is -0.640. The fourth-order valence-electron chi connectivity index (χ4n) is 1.36. The molecule has 1 heterocycles. The molecule has 0 N–H and O–H groups in total. The molecular formula is C12H8BrClOS. The zero-order valence-electron chi connectivity index (χ0n) is 8.46. The average molecular weight is 316 g/mol. The summed E-state index contributed by atoms with van der Waals surface area (Å²) in [4.78, 5) is 12.7. The van der Waals surface area contributed by atoms with Crippen molar-refractivity contribution < 1.29 is 4.79 Å². The van der Waals surface area contributed by atoms with Crippen molar-refractivity contribution in [2.75, 3.05) is 0 Å². The normalized spacial score (nSPS) is 10.4. The van der Waals surface area contributed by atoms with Crippen molar-refractivity contribution in [3.05, 3.63) is 55.1 Å². The molecule has 0 atom stereocenters. The van der Waals surface area contributed by atoms with E-state index in [1.54, 1.807) is 12.1 Å². The van der Waals surface area contributed by atoms with E-state index in [0.717, 1.165) is 10.0 Å². The topological polar surface area (TPSA) is 17.1 Å². The third kappa shape index (κ3) is 2.37. The summed E-state index contributed by atoms with van der Waals surface area (Å²) in [6, 6.07) is 9.07. The zero-order valence-corrected chi connectivity index (χ0v) is 11.6. The molecule has 0 radical (unpaired) electrons. The van der Waals surface area contributed by atoms with E-state index in [4.69, 9.17) is 11.6 Å². The van der Waals surface area contributed by atoms with E-state index in [1.165, 1.54) is 11.3 Å². The molecule has 1 nitrogen and oxygen atoms in total. The smallest absolute Gasteiger partial charge is 0.203 e. The van der Waals surface area contributed by atoms with Gasteiger partial charge in [-0.05, 0) is 42.8 Å². The summed E-state index contributed by atoms with van der Waals surface area (Å²) in [5, 5.41) is 0. The summed E-state index contributed by atoms with van der Waals surface area (Å²) in [7, 11) is 0. The average Bonchev–Trinajstić information content (AvgIpc) is 2.68. The molecule has 2 rings (SSSR count). The molecular weight excluding hydrogens is 308 g/mol. The molecule has 1 aromatic heterocycles. The number of benzene rings is 1. The highest BCUT2D eigenvalue weighted by Crippen LogP contribution is 2.25. The molecule has 4 heteroatoms. The van der Waals surface area contributed by atoms with Gasteiger partial charge in [0.25, 0.3) is 0 Å². The number of halogens is 2. The molecule has 0 amide bonds. The number of carbonyl (C=O) groups is 1. The fourth-order valence-corrected chi connectivity index (χ4v) is 2.62. The highest BCUT2D eigenvalue weighted by molar-refractivity contribution is 9.10. The Kier molecular flexibility index (Phi) is 3.47. The van der Waals surface area contributed by atoms with Gasteiger partial charge in [-0.15, -0.1) is 11.3 Å². The van der Waals surface area contributed by atoms with Crippen molar-refractivity contribution in [1.82, 2.24) is 0 Å². The van der Waals surface area contributed by atoms with Crippen LogP contribution in [0.4, 0.5) is 0 Å². The Morgan fingerprint density at radius 2 is 2.06 bits per heavy atom. The van der Waals surface area contributed by atoms with Crippen LogP contribution in [0, 0.1) is 6.92 Å². The van der Waals surface area contributed by atoms with E-state index in [-0.39, 0.29) is 5.78 Å². The van der Waals surface area contributed by atoms with Crippen LogP contribution in [0.2, 0.25) is 4.34 Å². The maximum absolute atomic E-state index is 12.1. The summed E-state index contributed by atoms with van der Waals surface area (Å²) in [5.74, 6) is 0.0208. The number of ketones is 1. The lowest BCUT2D eigenvalue weighted by molar-refractivity contribution is 0.104. The van der Waals surface area contributed by atoms with Gasteiger partial charge in [0.05, 0.1) is 9.21 Å². The second kappa shape index (κ2) is 4.70. The fraction of sp³-hybridized carbons (Fsp3) is 0.0833. The molecule has 0 spiro atoms. The number of rotatable bonds is 2. The van der Waals surface area contributed by atoms with Gasteiger partial charge in [-0.1, -0.05) is 27.5 Å². The maximum Gasteiger partial charge on any atom is 0.203 e. The minimum absolute atomic E-state index is 0.0208. The monoisotopic (exact) mass is 314 g/mol. The van der Waals surface area contributed by atoms with Gasteiger partial charge in [0, 0.05) is 10.0 Å². The van der Waals surface area contributed by atoms with Crippen LogP contribution in [-0.2, 0) is 0 Å². The predicted molar refractivity (Wildman–Crippen MR) is 71.6 cm³/mol. The first-order valence-corrected chi connectivity index (χ1v) is 6.63. The number of thiophene rings is 1. The largest absolute Gasteiger partial charge is 0.288 e. The minimum atomic E-state index is 0.0208. The van der Waals surface area contributed by atoms with Crippen molar-refractivity contribution in [3.63, 3.8) is 0 Å². The van der Waals surface area contributed by atoms with E-state index >= 15 is 0 Å². The molecule has 2 aromatic rings. The molecule has 82 valence electrons. The van der Waals surface area contributed by atoms with Crippen molar-refractivity contribution in [1.29, 1.82) is 0 Å². The van der Waals surface area contributed by atoms with Gasteiger partial charge in [-0.25, -0.2) is 0 Å². The van der Waals surface area contributed by atoms with Crippen LogP contribution in [0.15, 0.2) is 34.8 Å². The first kappa shape index (κ1) is 11.8. The van der Waals surface area contributed by atoms with Crippen LogP contribution in [-0.4, -0.2) is 5.78 Å². The third-order valence-corrected chi connectivity index (χ3v) is 4.34. The first-order chi connectivity index (χ1) is 7.58. The molecule has 0 aliphatic heterocycles. The van der Waals surface area contributed by atoms with E-state index in [9.17, 15) is 4.79 Å². The van der Waals surface area contributed by atoms with E-state index in [0.29, 0.717) is 14.8 Å². The Morgan fingerprint density at radius 3 is 2.62 bits per heavy atom. The van der Waals surface area contributed by atoms with Crippen molar-refractivity contribution >= 4 is 44.7 Å². The SMILES string of the molecule is Cc1cc(C(=O)c2ccc(Cl)s2)ccc1Br. The molecule has 0 bridgehead atoms. The number of hydrogen-bond donors (Lipinski definition) is 0. The molecule has 1 aromatic carbocycles. The van der Waals surface area contributed by atoms with Crippen LogP contribution < -0.4 is 0 Å². The molecule has 0 aliphatic carbocycles. The van der Waals surface area contributed by atoms with Gasteiger partial charge in [0.15, 0.2) is 0 Å². The Balaban J connectivity index is 2.38. The van der Waals surface area contributed by atoms with E-state index < -0.39 is 0 Å². The Labute approximate surface area is 111 Å². The number of aryl methyl sites for hydroxylation is 1. The molecule has 0 unspecified atom stereocenters. The summed E-state index contributed by atoms with van der Waals surface area (Å²) >= 11 is 10.5. The van der Waals surface area contributed by atoms with Crippen LogP contribution in [0.1, 0.15) is 20.8 Å². The second-order valence-electron chi connectivity index (χ2n) is 3.40. The number of carbonyl (C=O) groups excluding carboxylic acids is 1. The lowest BCUT2D eigenvalue weighted by atomic mass is 10.1. The van der Waals surface area contributed by atoms with Gasteiger partial charge >= 0.3 is 0 Å². The van der Waals surface area contributed by atoms with Gasteiger partial charge < -0.3 is 0 Å². The lowest BCUT2D eigenvalue weighted by Gasteiger charge is -2.01. The van der Waals surface area contributed by atoms with Crippen LogP contribution >= 0.6 is 38.9 Å². The quantitative estimate of drug-likeness (QED) is 0.734. The summed E-state index contributed by atoms with van der Waals surface area (Å²) in [6.45, 7) is 1.96. The van der Waals surface area contributed by atoms with Gasteiger partial charge in [0.2, 0.25) is 5.78 Å². The number of hydrogen-bond acceptors (Lipinski definition) is 2. The van der Waals surface area contributed by atoms with Gasteiger partial charge in [-0.3, -0.25) is 4.79 Å². The molecule has 0 fully saturated rings. The predicted octanol–water partition coefficient (Wildman–Crippen LogP) is 4.70. The van der Waals surface area contributed by atoms with Crippen LogP contribution in [0.3, 0.4) is 0 Å². The van der Waals surface area contributed by atoms with Crippen molar-refractivity contribution in [2.45, 2.75) is 6.92 Å². The van der Waals surface area contributed by atoms with Crippen molar-refractivity contribution in [3.8, 4) is 0 Å². The van der Waals surface area contributed by atoms with E-state index in [2.05, 4.69) is 15.9 Å². The van der Waals surface area contributed by atoms with Crippen LogP contribution in [0.25, 0.3) is 0 Å². The lowest BCUT2D eigenvalue weighted by Crippen LogP contribution is -1.98. The summed E-state index contributed by atoms with van der Waals surface area (Å²) in [6.07, 6.45) is 0. The van der Waals surface area contributed by atoms with Gasteiger partial charge in [0.1, 0.15) is 0 Å². The van der Waals surface area contributed by atoms with Gasteiger partial charge in [-0.2, -0.15) is 0 Å². The minimum Gasteiger partial charge on any atom is -0.288 e. The molecule has 16 heavy (non-hydrogen) atoms. The van der Waals surface area contributed by atoms with E-state index in [1.807, 2.05) is 25.1 Å².